The summed E-state index contributed by atoms with van der Waals surface area (Å²) in [6.45, 7) is 6.77. The molecule has 1 unspecified atom stereocenters. The second kappa shape index (κ2) is 10.2. The van der Waals surface area contributed by atoms with E-state index in [-0.39, 0.29) is 12.0 Å². The van der Waals surface area contributed by atoms with Crippen molar-refractivity contribution in [3.05, 3.63) is 0 Å². The highest BCUT2D eigenvalue weighted by atomic mass is 16.5. The van der Waals surface area contributed by atoms with Gasteiger partial charge < -0.3 is 4.74 Å². The second-order valence-electron chi connectivity index (χ2n) is 5.57. The lowest BCUT2D eigenvalue weighted by molar-refractivity contribution is -0.148. The van der Waals surface area contributed by atoms with Gasteiger partial charge in [0.2, 0.25) is 0 Å². The van der Waals surface area contributed by atoms with Crippen molar-refractivity contribution in [1.29, 1.82) is 0 Å². The van der Waals surface area contributed by atoms with Gasteiger partial charge in [-0.15, -0.1) is 0 Å². The van der Waals surface area contributed by atoms with E-state index in [0.29, 0.717) is 6.61 Å². The molecule has 1 heterocycles. The van der Waals surface area contributed by atoms with Crippen LogP contribution in [0.5, 0.6) is 0 Å². The van der Waals surface area contributed by atoms with Gasteiger partial charge in [-0.2, -0.15) is 0 Å². The smallest absolute Gasteiger partial charge is 0.323 e. The summed E-state index contributed by atoms with van der Waals surface area (Å²) < 4.78 is 5.15. The fourth-order valence-corrected chi connectivity index (χ4v) is 2.87. The minimum absolute atomic E-state index is 0.0112. The summed E-state index contributed by atoms with van der Waals surface area (Å²) in [5, 5.41) is 0. The molecule has 0 aromatic heterocycles. The molecule has 1 aliphatic rings. The van der Waals surface area contributed by atoms with Crippen LogP contribution in [0.2, 0.25) is 0 Å². The van der Waals surface area contributed by atoms with Gasteiger partial charge in [-0.05, 0) is 39.3 Å². The van der Waals surface area contributed by atoms with Crippen LogP contribution in [0.25, 0.3) is 0 Å². The van der Waals surface area contributed by atoms with Gasteiger partial charge in [0, 0.05) is 0 Å². The Morgan fingerprint density at radius 1 is 1.11 bits per heavy atom. The van der Waals surface area contributed by atoms with E-state index in [9.17, 15) is 4.79 Å². The van der Waals surface area contributed by atoms with Gasteiger partial charge in [-0.3, -0.25) is 9.69 Å². The van der Waals surface area contributed by atoms with Crippen molar-refractivity contribution in [2.75, 3.05) is 19.7 Å². The van der Waals surface area contributed by atoms with Crippen LogP contribution in [0.1, 0.15) is 71.6 Å². The number of nitrogens with zero attached hydrogens (tertiary/aromatic N) is 1. The largest absolute Gasteiger partial charge is 0.465 e. The number of likely N-dealkylation sites (tertiary alicyclic amines) is 1. The van der Waals surface area contributed by atoms with E-state index in [1.165, 1.54) is 44.9 Å². The molecule has 1 rings (SSSR count). The van der Waals surface area contributed by atoms with Gasteiger partial charge in [-0.1, -0.05) is 45.4 Å². The molecule has 3 nitrogen and oxygen atoms in total. The summed E-state index contributed by atoms with van der Waals surface area (Å²) in [5.74, 6) is -0.0112. The van der Waals surface area contributed by atoms with Crippen LogP contribution in [0, 0.1) is 0 Å². The van der Waals surface area contributed by atoms with Gasteiger partial charge in [-0.25, -0.2) is 0 Å². The molecule has 0 aromatic rings. The topological polar surface area (TPSA) is 29.5 Å². The van der Waals surface area contributed by atoms with Gasteiger partial charge in [0.15, 0.2) is 0 Å². The molecule has 0 aromatic carbocycles. The predicted octanol–water partition coefficient (Wildman–Crippen LogP) is 3.76. The lowest BCUT2D eigenvalue weighted by Gasteiger charge is -2.22. The SMILES string of the molecule is CCCCCCCCCN1CCCC1C(=O)OCC. The van der Waals surface area contributed by atoms with E-state index in [1.54, 1.807) is 0 Å². The highest BCUT2D eigenvalue weighted by Gasteiger charge is 2.30. The normalized spacial score (nSPS) is 19.8. The summed E-state index contributed by atoms with van der Waals surface area (Å²) in [6, 6.07) is 0.0417. The molecule has 3 heteroatoms. The van der Waals surface area contributed by atoms with E-state index in [2.05, 4.69) is 11.8 Å². The average Bonchev–Trinajstić information content (AvgIpc) is 2.86. The lowest BCUT2D eigenvalue weighted by atomic mass is 10.1. The van der Waals surface area contributed by atoms with Gasteiger partial charge >= 0.3 is 5.97 Å². The first kappa shape index (κ1) is 16.5. The number of unbranched alkanes of at least 4 members (excludes halogenated alkanes) is 6. The third-order valence-electron chi connectivity index (χ3n) is 3.97. The molecule has 112 valence electrons. The minimum Gasteiger partial charge on any atom is -0.465 e. The summed E-state index contributed by atoms with van der Waals surface area (Å²) in [5.41, 5.74) is 0. The Morgan fingerprint density at radius 3 is 2.47 bits per heavy atom. The third kappa shape index (κ3) is 6.42. The quantitative estimate of drug-likeness (QED) is 0.447. The molecule has 0 aliphatic carbocycles. The maximum Gasteiger partial charge on any atom is 0.323 e. The zero-order valence-electron chi connectivity index (χ0n) is 12.8. The zero-order chi connectivity index (χ0) is 13.9. The fourth-order valence-electron chi connectivity index (χ4n) is 2.87. The highest BCUT2D eigenvalue weighted by molar-refractivity contribution is 5.76. The van der Waals surface area contributed by atoms with Crippen LogP contribution < -0.4 is 0 Å². The molecule has 0 spiro atoms. The summed E-state index contributed by atoms with van der Waals surface area (Å²) in [7, 11) is 0. The van der Waals surface area contributed by atoms with E-state index < -0.39 is 0 Å². The first-order valence-electron chi connectivity index (χ1n) is 8.20. The van der Waals surface area contributed by atoms with E-state index in [4.69, 9.17) is 4.74 Å². The van der Waals surface area contributed by atoms with Crippen LogP contribution in [0.15, 0.2) is 0 Å². The molecule has 0 radical (unpaired) electrons. The Labute approximate surface area is 118 Å². The highest BCUT2D eigenvalue weighted by Crippen LogP contribution is 2.19. The maximum absolute atomic E-state index is 11.8. The van der Waals surface area contributed by atoms with Crippen molar-refractivity contribution >= 4 is 5.97 Å². The Kier molecular flexibility index (Phi) is 8.89. The Morgan fingerprint density at radius 2 is 1.79 bits per heavy atom. The third-order valence-corrected chi connectivity index (χ3v) is 3.97. The van der Waals surface area contributed by atoms with Crippen molar-refractivity contribution in [3.63, 3.8) is 0 Å². The minimum atomic E-state index is -0.0112. The molecule has 19 heavy (non-hydrogen) atoms. The molecule has 0 saturated carbocycles. The van der Waals surface area contributed by atoms with Crippen molar-refractivity contribution in [1.82, 2.24) is 4.90 Å². The van der Waals surface area contributed by atoms with Crippen LogP contribution in [0.3, 0.4) is 0 Å². The number of ether oxygens (including phenoxy) is 1. The summed E-state index contributed by atoms with van der Waals surface area (Å²) in [4.78, 5) is 14.1. The maximum atomic E-state index is 11.8. The van der Waals surface area contributed by atoms with E-state index in [1.807, 2.05) is 6.92 Å². The molecule has 0 bridgehead atoms. The first-order valence-corrected chi connectivity index (χ1v) is 8.20. The standard InChI is InChI=1S/C16H31NO2/c1-3-5-6-7-8-9-10-13-17-14-11-12-15(17)16(18)19-4-2/h15H,3-14H2,1-2H3. The van der Waals surface area contributed by atoms with Crippen LogP contribution >= 0.6 is 0 Å². The number of hydrogen-bond acceptors (Lipinski definition) is 3. The lowest BCUT2D eigenvalue weighted by Crippen LogP contribution is -2.37. The molecule has 0 N–H and O–H groups in total. The van der Waals surface area contributed by atoms with Crippen molar-refractivity contribution in [2.24, 2.45) is 0 Å². The Hall–Kier alpha value is -0.570. The Bertz CT molecular complexity index is 243. The average molecular weight is 269 g/mol. The van der Waals surface area contributed by atoms with Crippen molar-refractivity contribution in [2.45, 2.75) is 77.7 Å². The second-order valence-corrected chi connectivity index (χ2v) is 5.57. The van der Waals surface area contributed by atoms with Crippen LogP contribution in [0.4, 0.5) is 0 Å². The van der Waals surface area contributed by atoms with Crippen molar-refractivity contribution in [3.8, 4) is 0 Å². The number of esters is 1. The first-order chi connectivity index (χ1) is 9.29. The molecule has 0 amide bonds. The van der Waals surface area contributed by atoms with E-state index >= 15 is 0 Å². The summed E-state index contributed by atoms with van der Waals surface area (Å²) in [6.07, 6.45) is 11.4. The molecule has 1 atom stereocenters. The fraction of sp³-hybridized carbons (Fsp3) is 0.938. The monoisotopic (exact) mass is 269 g/mol. The molecular formula is C16H31NO2. The molecule has 1 aliphatic heterocycles. The molecule has 1 fully saturated rings. The molecular weight excluding hydrogens is 238 g/mol. The van der Waals surface area contributed by atoms with Crippen LogP contribution in [-0.4, -0.2) is 36.6 Å². The number of carbonyl (C=O) groups is 1. The van der Waals surface area contributed by atoms with Crippen molar-refractivity contribution < 1.29 is 9.53 Å². The number of hydrogen-bond donors (Lipinski definition) is 0. The number of rotatable bonds is 10. The number of carbonyl (C=O) groups excluding carboxylic acids is 1. The Balaban J connectivity index is 2.09. The van der Waals surface area contributed by atoms with E-state index in [0.717, 1.165) is 25.9 Å². The zero-order valence-corrected chi connectivity index (χ0v) is 12.8. The van der Waals surface area contributed by atoms with Crippen LogP contribution in [-0.2, 0) is 9.53 Å². The molecule has 1 saturated heterocycles. The van der Waals surface area contributed by atoms with Gasteiger partial charge in [0.25, 0.3) is 0 Å². The van der Waals surface area contributed by atoms with Gasteiger partial charge in [0.05, 0.1) is 6.61 Å². The van der Waals surface area contributed by atoms with Gasteiger partial charge in [0.1, 0.15) is 6.04 Å². The predicted molar refractivity (Wildman–Crippen MR) is 79.2 cm³/mol. The summed E-state index contributed by atoms with van der Waals surface area (Å²) >= 11 is 0.